The highest BCUT2D eigenvalue weighted by molar-refractivity contribution is 6.30. The second kappa shape index (κ2) is 10.5. The van der Waals surface area contributed by atoms with Crippen LogP contribution in [0.4, 0.5) is 0 Å². The Morgan fingerprint density at radius 1 is 1.10 bits per heavy atom. The van der Waals surface area contributed by atoms with E-state index in [1.807, 2.05) is 29.2 Å². The molecule has 3 heterocycles. The Balaban J connectivity index is 1.45. The quantitative estimate of drug-likeness (QED) is 0.539. The minimum Gasteiger partial charge on any atom is -0.379 e. The van der Waals surface area contributed by atoms with Crippen LogP contribution in [-0.4, -0.2) is 69.9 Å². The Morgan fingerprint density at radius 2 is 1.84 bits per heavy atom. The third-order valence-electron chi connectivity index (χ3n) is 5.34. The zero-order chi connectivity index (χ0) is 21.5. The zero-order valence-electron chi connectivity index (χ0n) is 17.4. The normalized spacial score (nSPS) is 14.5. The lowest BCUT2D eigenvalue weighted by Crippen LogP contribution is -2.39. The van der Waals surface area contributed by atoms with Crippen molar-refractivity contribution in [3.05, 3.63) is 77.3 Å². The van der Waals surface area contributed by atoms with E-state index in [0.717, 1.165) is 50.5 Å². The average molecular weight is 440 g/mol. The summed E-state index contributed by atoms with van der Waals surface area (Å²) in [6, 6.07) is 11.3. The van der Waals surface area contributed by atoms with Gasteiger partial charge in [-0.1, -0.05) is 11.6 Å². The van der Waals surface area contributed by atoms with Crippen molar-refractivity contribution in [2.24, 2.45) is 0 Å². The van der Waals surface area contributed by atoms with Crippen LogP contribution in [0.1, 0.15) is 22.3 Å². The number of hydrogen-bond donors (Lipinski definition) is 0. The minimum absolute atomic E-state index is 0.0287. The molecule has 0 N–H and O–H groups in total. The number of halogens is 1. The fraction of sp³-hybridized carbons (Fsp3) is 0.348. The number of carbonyl (C=O) groups excluding carboxylic acids is 1. The summed E-state index contributed by atoms with van der Waals surface area (Å²) in [4.78, 5) is 21.7. The van der Waals surface area contributed by atoms with E-state index < -0.39 is 0 Å². The number of morpholine rings is 1. The number of carbonyl (C=O) groups is 1. The topological polar surface area (TPSA) is 63.5 Å². The first-order chi connectivity index (χ1) is 15.2. The van der Waals surface area contributed by atoms with Crippen molar-refractivity contribution in [2.75, 3.05) is 39.4 Å². The van der Waals surface area contributed by atoms with Gasteiger partial charge in [0.05, 0.1) is 30.7 Å². The molecule has 1 fully saturated rings. The molecule has 1 aliphatic rings. The molecular formula is C23H26ClN5O2. The maximum atomic E-state index is 13.3. The molecule has 162 valence electrons. The van der Waals surface area contributed by atoms with Gasteiger partial charge in [0.25, 0.3) is 5.91 Å². The van der Waals surface area contributed by atoms with Gasteiger partial charge in [0.1, 0.15) is 0 Å². The number of ether oxygens (including phenoxy) is 1. The lowest BCUT2D eigenvalue weighted by molar-refractivity contribution is 0.0355. The Bertz CT molecular complexity index is 971. The summed E-state index contributed by atoms with van der Waals surface area (Å²) in [6.07, 6.45) is 7.81. The zero-order valence-corrected chi connectivity index (χ0v) is 18.1. The number of nitrogens with zero attached hydrogens (tertiary/aromatic N) is 5. The van der Waals surface area contributed by atoms with Gasteiger partial charge in [-0.2, -0.15) is 5.10 Å². The van der Waals surface area contributed by atoms with Gasteiger partial charge >= 0.3 is 0 Å². The maximum Gasteiger partial charge on any atom is 0.257 e. The summed E-state index contributed by atoms with van der Waals surface area (Å²) in [7, 11) is 0. The molecule has 0 aliphatic carbocycles. The van der Waals surface area contributed by atoms with Crippen LogP contribution in [0.2, 0.25) is 5.02 Å². The molecule has 1 aliphatic heterocycles. The predicted octanol–water partition coefficient (Wildman–Crippen LogP) is 3.29. The molecule has 2 aromatic heterocycles. The SMILES string of the molecule is O=C(c1cnn(-c2ccc(Cl)cc2)c1)N(CCCN1CCOCC1)Cc1ccncc1. The molecule has 7 nitrogen and oxygen atoms in total. The monoisotopic (exact) mass is 439 g/mol. The van der Waals surface area contributed by atoms with E-state index in [4.69, 9.17) is 16.3 Å². The average Bonchev–Trinajstić information content (AvgIpc) is 3.30. The van der Waals surface area contributed by atoms with Crippen LogP contribution in [0.5, 0.6) is 0 Å². The molecule has 1 saturated heterocycles. The van der Waals surface area contributed by atoms with Gasteiger partial charge < -0.3 is 9.64 Å². The van der Waals surface area contributed by atoms with Crippen LogP contribution < -0.4 is 0 Å². The lowest BCUT2D eigenvalue weighted by atomic mass is 10.2. The van der Waals surface area contributed by atoms with Crippen LogP contribution in [0.25, 0.3) is 5.69 Å². The Morgan fingerprint density at radius 3 is 2.58 bits per heavy atom. The molecule has 0 unspecified atom stereocenters. The van der Waals surface area contributed by atoms with Crippen molar-refractivity contribution in [3.8, 4) is 5.69 Å². The van der Waals surface area contributed by atoms with Crippen molar-refractivity contribution in [1.82, 2.24) is 24.6 Å². The number of hydrogen-bond acceptors (Lipinski definition) is 5. The lowest BCUT2D eigenvalue weighted by Gasteiger charge is -2.28. The second-order valence-electron chi connectivity index (χ2n) is 7.54. The van der Waals surface area contributed by atoms with Crippen molar-refractivity contribution in [2.45, 2.75) is 13.0 Å². The number of rotatable bonds is 8. The Labute approximate surface area is 187 Å². The molecule has 1 amide bonds. The van der Waals surface area contributed by atoms with Gasteiger partial charge in [-0.3, -0.25) is 14.7 Å². The summed E-state index contributed by atoms with van der Waals surface area (Å²) in [5.74, 6) is -0.0287. The first kappa shape index (κ1) is 21.5. The van der Waals surface area contributed by atoms with Crippen molar-refractivity contribution in [1.29, 1.82) is 0 Å². The molecule has 0 saturated carbocycles. The van der Waals surface area contributed by atoms with E-state index in [2.05, 4.69) is 15.0 Å². The molecule has 1 aromatic carbocycles. The Kier molecular flexibility index (Phi) is 7.30. The van der Waals surface area contributed by atoms with E-state index in [0.29, 0.717) is 23.7 Å². The van der Waals surface area contributed by atoms with Gasteiger partial charge in [-0.25, -0.2) is 4.68 Å². The predicted molar refractivity (Wildman–Crippen MR) is 119 cm³/mol. The Hall–Kier alpha value is -2.74. The van der Waals surface area contributed by atoms with Crippen LogP contribution in [0.15, 0.2) is 61.2 Å². The summed E-state index contributed by atoms with van der Waals surface area (Å²) in [6.45, 7) is 5.63. The second-order valence-corrected chi connectivity index (χ2v) is 7.98. The van der Waals surface area contributed by atoms with Crippen LogP contribution in [0, 0.1) is 0 Å². The fourth-order valence-electron chi connectivity index (χ4n) is 3.62. The number of aromatic nitrogens is 3. The van der Waals surface area contributed by atoms with E-state index in [-0.39, 0.29) is 5.91 Å². The van der Waals surface area contributed by atoms with Crippen molar-refractivity contribution in [3.63, 3.8) is 0 Å². The molecule has 0 spiro atoms. The van der Waals surface area contributed by atoms with E-state index >= 15 is 0 Å². The summed E-state index contributed by atoms with van der Waals surface area (Å²) in [5, 5.41) is 5.04. The van der Waals surface area contributed by atoms with Gasteiger partial charge in [-0.15, -0.1) is 0 Å². The standard InChI is InChI=1S/C23H26ClN5O2/c24-21-2-4-22(5-3-21)29-18-20(16-26-29)23(30)28(17-19-6-8-25-9-7-19)11-1-10-27-12-14-31-15-13-27/h2-9,16,18H,1,10-15,17H2. The van der Waals surface area contributed by atoms with E-state index in [1.54, 1.807) is 41.6 Å². The third kappa shape index (κ3) is 5.91. The molecular weight excluding hydrogens is 414 g/mol. The van der Waals surface area contributed by atoms with E-state index in [1.165, 1.54) is 0 Å². The smallest absolute Gasteiger partial charge is 0.257 e. The minimum atomic E-state index is -0.0287. The number of amides is 1. The molecule has 8 heteroatoms. The van der Waals surface area contributed by atoms with Gasteiger partial charge in [0.2, 0.25) is 0 Å². The highest BCUT2D eigenvalue weighted by atomic mass is 35.5. The van der Waals surface area contributed by atoms with Crippen LogP contribution >= 0.6 is 11.6 Å². The number of benzene rings is 1. The van der Waals surface area contributed by atoms with Crippen LogP contribution in [0.3, 0.4) is 0 Å². The van der Waals surface area contributed by atoms with Crippen molar-refractivity contribution < 1.29 is 9.53 Å². The molecule has 4 rings (SSSR count). The maximum absolute atomic E-state index is 13.3. The molecule has 3 aromatic rings. The highest BCUT2D eigenvalue weighted by Crippen LogP contribution is 2.15. The van der Waals surface area contributed by atoms with E-state index in [9.17, 15) is 4.79 Å². The van der Waals surface area contributed by atoms with Crippen LogP contribution in [-0.2, 0) is 11.3 Å². The molecule has 0 bridgehead atoms. The first-order valence-corrected chi connectivity index (χ1v) is 10.9. The van der Waals surface area contributed by atoms with Crippen molar-refractivity contribution >= 4 is 17.5 Å². The van der Waals surface area contributed by atoms with Gasteiger partial charge in [-0.05, 0) is 48.4 Å². The molecule has 0 radical (unpaired) electrons. The summed E-state index contributed by atoms with van der Waals surface area (Å²) in [5.41, 5.74) is 2.48. The summed E-state index contributed by atoms with van der Waals surface area (Å²) < 4.78 is 7.12. The first-order valence-electron chi connectivity index (χ1n) is 10.5. The molecule has 0 atom stereocenters. The highest BCUT2D eigenvalue weighted by Gasteiger charge is 2.19. The third-order valence-corrected chi connectivity index (χ3v) is 5.59. The molecule has 31 heavy (non-hydrogen) atoms. The summed E-state index contributed by atoms with van der Waals surface area (Å²) >= 11 is 5.97. The largest absolute Gasteiger partial charge is 0.379 e. The number of pyridine rings is 1. The fourth-order valence-corrected chi connectivity index (χ4v) is 3.75. The van der Waals surface area contributed by atoms with Gasteiger partial charge in [0.15, 0.2) is 0 Å². The van der Waals surface area contributed by atoms with Gasteiger partial charge in [0, 0.05) is 56.3 Å².